The first-order valence-corrected chi connectivity index (χ1v) is 7.64. The fourth-order valence-corrected chi connectivity index (χ4v) is 3.10. The van der Waals surface area contributed by atoms with Crippen molar-refractivity contribution in [3.63, 3.8) is 0 Å². The number of nitrogens with one attached hydrogen (secondary N) is 1. The molecule has 3 N–H and O–H groups in total. The van der Waals surface area contributed by atoms with E-state index in [1.54, 1.807) is 0 Å². The smallest absolute Gasteiger partial charge is 0.240 e. The fraction of sp³-hybridized carbons (Fsp3) is 0.562. The van der Waals surface area contributed by atoms with Crippen molar-refractivity contribution in [2.75, 3.05) is 0 Å². The summed E-state index contributed by atoms with van der Waals surface area (Å²) in [5.41, 5.74) is 6.64. The van der Waals surface area contributed by atoms with Crippen LogP contribution in [-0.4, -0.2) is 11.4 Å². The van der Waals surface area contributed by atoms with E-state index < -0.39 is 5.54 Å². The molecule has 2 rings (SSSR count). The lowest BCUT2D eigenvalue weighted by Crippen LogP contribution is -2.56. The van der Waals surface area contributed by atoms with Crippen molar-refractivity contribution < 1.29 is 4.79 Å². The van der Waals surface area contributed by atoms with Crippen LogP contribution in [0.4, 0.5) is 0 Å². The third-order valence-corrected chi connectivity index (χ3v) is 4.45. The molecule has 110 valence electrons. The van der Waals surface area contributed by atoms with Crippen LogP contribution in [0.2, 0.25) is 5.02 Å². The van der Waals surface area contributed by atoms with Gasteiger partial charge in [0.15, 0.2) is 0 Å². The van der Waals surface area contributed by atoms with Gasteiger partial charge in [-0.2, -0.15) is 0 Å². The maximum absolute atomic E-state index is 12.5. The number of halogens is 1. The van der Waals surface area contributed by atoms with E-state index in [-0.39, 0.29) is 11.9 Å². The van der Waals surface area contributed by atoms with E-state index in [2.05, 4.69) is 12.2 Å². The Kier molecular flexibility index (Phi) is 4.71. The maximum atomic E-state index is 12.5. The van der Waals surface area contributed by atoms with Crippen LogP contribution in [0.1, 0.15) is 51.1 Å². The molecule has 0 bridgehead atoms. The Morgan fingerprint density at radius 3 is 2.70 bits per heavy atom. The lowest BCUT2D eigenvalue weighted by Gasteiger charge is -2.36. The second kappa shape index (κ2) is 6.15. The molecule has 0 spiro atoms. The quantitative estimate of drug-likeness (QED) is 0.897. The van der Waals surface area contributed by atoms with Gasteiger partial charge in [-0.05, 0) is 43.4 Å². The molecule has 0 aromatic heterocycles. The number of benzene rings is 1. The van der Waals surface area contributed by atoms with Gasteiger partial charge in [-0.1, -0.05) is 43.5 Å². The highest BCUT2D eigenvalue weighted by atomic mass is 35.5. The van der Waals surface area contributed by atoms with Gasteiger partial charge < -0.3 is 11.1 Å². The van der Waals surface area contributed by atoms with Crippen LogP contribution in [0.5, 0.6) is 0 Å². The van der Waals surface area contributed by atoms with Gasteiger partial charge in [0, 0.05) is 5.02 Å². The minimum atomic E-state index is -0.710. The number of carbonyl (C=O) groups excluding carboxylic acids is 1. The number of rotatable bonds is 3. The van der Waals surface area contributed by atoms with Crippen molar-refractivity contribution in [1.29, 1.82) is 0 Å². The normalized spacial score (nSPS) is 27.9. The summed E-state index contributed by atoms with van der Waals surface area (Å²) in [6.07, 6.45) is 3.74. The molecular weight excluding hydrogens is 272 g/mol. The first-order valence-electron chi connectivity index (χ1n) is 7.26. The number of amides is 1. The SMILES string of the molecule is CC1CCCC(N)(C(=O)N[C@@H](C)c2ccc(Cl)cc2)C1. The molecule has 1 aliphatic carbocycles. The van der Waals surface area contributed by atoms with E-state index in [4.69, 9.17) is 17.3 Å². The van der Waals surface area contributed by atoms with E-state index in [1.165, 1.54) is 6.42 Å². The van der Waals surface area contributed by atoms with Crippen LogP contribution in [-0.2, 0) is 4.79 Å². The standard InChI is InChI=1S/C16H23ClN2O/c1-11-4-3-9-16(18,10-11)15(20)19-12(2)13-5-7-14(17)8-6-13/h5-8,11-12H,3-4,9-10,18H2,1-2H3,(H,19,20)/t11?,12-,16?/m0/s1. The highest BCUT2D eigenvalue weighted by Crippen LogP contribution is 2.31. The highest BCUT2D eigenvalue weighted by Gasteiger charge is 2.38. The Labute approximate surface area is 125 Å². The molecule has 0 saturated heterocycles. The van der Waals surface area contributed by atoms with Gasteiger partial charge in [-0.3, -0.25) is 4.79 Å². The largest absolute Gasteiger partial charge is 0.348 e. The summed E-state index contributed by atoms with van der Waals surface area (Å²) < 4.78 is 0. The Balaban J connectivity index is 2.01. The van der Waals surface area contributed by atoms with Crippen LogP contribution in [0.25, 0.3) is 0 Å². The summed E-state index contributed by atoms with van der Waals surface area (Å²) in [6, 6.07) is 7.47. The van der Waals surface area contributed by atoms with Crippen LogP contribution in [0.15, 0.2) is 24.3 Å². The zero-order valence-electron chi connectivity index (χ0n) is 12.2. The fourth-order valence-electron chi connectivity index (χ4n) is 2.97. The average Bonchev–Trinajstić information content (AvgIpc) is 2.39. The van der Waals surface area contributed by atoms with Gasteiger partial charge in [0.1, 0.15) is 0 Å². The van der Waals surface area contributed by atoms with E-state index >= 15 is 0 Å². The van der Waals surface area contributed by atoms with Gasteiger partial charge >= 0.3 is 0 Å². The number of hydrogen-bond donors (Lipinski definition) is 2. The third kappa shape index (κ3) is 3.53. The van der Waals surface area contributed by atoms with Crippen molar-refractivity contribution in [2.24, 2.45) is 11.7 Å². The lowest BCUT2D eigenvalue weighted by molar-refractivity contribution is -0.128. The zero-order chi connectivity index (χ0) is 14.8. The maximum Gasteiger partial charge on any atom is 0.240 e. The summed E-state index contributed by atoms with van der Waals surface area (Å²) in [5.74, 6) is 0.483. The van der Waals surface area contributed by atoms with E-state index in [0.717, 1.165) is 24.8 Å². The van der Waals surface area contributed by atoms with E-state index in [9.17, 15) is 4.79 Å². The molecule has 2 unspecified atom stereocenters. The first-order chi connectivity index (χ1) is 9.40. The molecule has 3 nitrogen and oxygen atoms in total. The number of hydrogen-bond acceptors (Lipinski definition) is 2. The van der Waals surface area contributed by atoms with Gasteiger partial charge in [0.05, 0.1) is 11.6 Å². The number of carbonyl (C=O) groups is 1. The zero-order valence-corrected chi connectivity index (χ0v) is 12.9. The van der Waals surface area contributed by atoms with Crippen LogP contribution in [0.3, 0.4) is 0 Å². The first kappa shape index (κ1) is 15.3. The molecule has 0 radical (unpaired) electrons. The van der Waals surface area contributed by atoms with Crippen LogP contribution < -0.4 is 11.1 Å². The second-order valence-electron chi connectivity index (χ2n) is 6.10. The second-order valence-corrected chi connectivity index (χ2v) is 6.54. The topological polar surface area (TPSA) is 55.1 Å². The highest BCUT2D eigenvalue weighted by molar-refractivity contribution is 6.30. The third-order valence-electron chi connectivity index (χ3n) is 4.20. The molecule has 1 aliphatic rings. The summed E-state index contributed by atoms with van der Waals surface area (Å²) in [5, 5.41) is 3.74. The number of nitrogens with two attached hydrogens (primary N) is 1. The molecule has 20 heavy (non-hydrogen) atoms. The molecular formula is C16H23ClN2O. The molecule has 1 aromatic carbocycles. The van der Waals surface area contributed by atoms with Crippen LogP contribution >= 0.6 is 11.6 Å². The molecule has 3 atom stereocenters. The minimum absolute atomic E-state index is 0.0356. The molecule has 4 heteroatoms. The monoisotopic (exact) mass is 294 g/mol. The predicted octanol–water partition coefficient (Wildman–Crippen LogP) is 3.42. The molecule has 1 amide bonds. The minimum Gasteiger partial charge on any atom is -0.348 e. The van der Waals surface area contributed by atoms with Gasteiger partial charge in [-0.25, -0.2) is 0 Å². The molecule has 1 fully saturated rings. The van der Waals surface area contributed by atoms with Crippen molar-refractivity contribution in [1.82, 2.24) is 5.32 Å². The van der Waals surface area contributed by atoms with Gasteiger partial charge in [0.25, 0.3) is 0 Å². The summed E-state index contributed by atoms with van der Waals surface area (Å²) in [4.78, 5) is 12.5. The Hall–Kier alpha value is -1.06. The van der Waals surface area contributed by atoms with Crippen molar-refractivity contribution in [3.8, 4) is 0 Å². The van der Waals surface area contributed by atoms with E-state index in [1.807, 2.05) is 31.2 Å². The predicted molar refractivity (Wildman–Crippen MR) is 82.6 cm³/mol. The van der Waals surface area contributed by atoms with Crippen molar-refractivity contribution in [2.45, 2.75) is 51.1 Å². The Bertz CT molecular complexity index is 474. The van der Waals surface area contributed by atoms with Crippen molar-refractivity contribution >= 4 is 17.5 Å². The lowest BCUT2D eigenvalue weighted by atomic mass is 9.76. The molecule has 1 aromatic rings. The molecule has 0 aliphatic heterocycles. The summed E-state index contributed by atoms with van der Waals surface area (Å²) >= 11 is 5.87. The Morgan fingerprint density at radius 2 is 2.10 bits per heavy atom. The Morgan fingerprint density at radius 1 is 1.45 bits per heavy atom. The van der Waals surface area contributed by atoms with Crippen molar-refractivity contribution in [3.05, 3.63) is 34.9 Å². The molecule has 0 heterocycles. The van der Waals surface area contributed by atoms with Gasteiger partial charge in [-0.15, -0.1) is 0 Å². The summed E-state index contributed by atoms with van der Waals surface area (Å²) in [6.45, 7) is 4.13. The average molecular weight is 295 g/mol. The van der Waals surface area contributed by atoms with Crippen LogP contribution in [0, 0.1) is 5.92 Å². The van der Waals surface area contributed by atoms with Gasteiger partial charge in [0.2, 0.25) is 5.91 Å². The summed E-state index contributed by atoms with van der Waals surface area (Å²) in [7, 11) is 0. The van der Waals surface area contributed by atoms with E-state index in [0.29, 0.717) is 10.9 Å². The molecule has 1 saturated carbocycles.